The first kappa shape index (κ1) is 16.6. The molecule has 0 radical (unpaired) electrons. The predicted octanol–water partition coefficient (Wildman–Crippen LogP) is 3.54. The molecule has 1 fully saturated rings. The van der Waals surface area contributed by atoms with Crippen molar-refractivity contribution in [1.29, 1.82) is 0 Å². The number of hydrogen-bond acceptors (Lipinski definition) is 5. The van der Waals surface area contributed by atoms with Crippen molar-refractivity contribution in [3.8, 4) is 11.5 Å². The summed E-state index contributed by atoms with van der Waals surface area (Å²) in [6, 6.07) is 5.83. The summed E-state index contributed by atoms with van der Waals surface area (Å²) in [5.74, 6) is 0.0503. The Labute approximate surface area is 137 Å². The topological polar surface area (TPSA) is 59.9 Å². The molecule has 2 aromatic heterocycles. The van der Waals surface area contributed by atoms with Gasteiger partial charge in [0.1, 0.15) is 11.5 Å². The fourth-order valence-corrected chi connectivity index (χ4v) is 2.57. The number of nitrogens with one attached hydrogen (secondary N) is 1. The summed E-state index contributed by atoms with van der Waals surface area (Å²) >= 11 is 0. The zero-order valence-electron chi connectivity index (χ0n) is 13.1. The van der Waals surface area contributed by atoms with Gasteiger partial charge in [0.05, 0.1) is 5.60 Å². The van der Waals surface area contributed by atoms with Crippen molar-refractivity contribution in [3.05, 3.63) is 36.2 Å². The lowest BCUT2D eigenvalue weighted by Gasteiger charge is -2.40. The van der Waals surface area contributed by atoms with Gasteiger partial charge in [0, 0.05) is 25.9 Å². The number of hydrogen-bond donors (Lipinski definition) is 1. The van der Waals surface area contributed by atoms with Crippen LogP contribution < -0.4 is 5.32 Å². The fraction of sp³-hybridized carbons (Fsp3) is 0.438. The molecule has 0 atom stereocenters. The second kappa shape index (κ2) is 6.35. The van der Waals surface area contributed by atoms with Crippen LogP contribution in [0.4, 0.5) is 19.0 Å². The van der Waals surface area contributed by atoms with Crippen LogP contribution in [0.15, 0.2) is 30.5 Å². The van der Waals surface area contributed by atoms with Crippen molar-refractivity contribution in [3.63, 3.8) is 0 Å². The Morgan fingerprint density at radius 3 is 2.58 bits per heavy atom. The Bertz CT molecular complexity index is 697. The molecule has 5 nitrogen and oxygen atoms in total. The van der Waals surface area contributed by atoms with Crippen molar-refractivity contribution in [1.82, 2.24) is 15.0 Å². The number of methoxy groups -OCH3 is 1. The van der Waals surface area contributed by atoms with Gasteiger partial charge in [-0.25, -0.2) is 9.97 Å². The molecule has 24 heavy (non-hydrogen) atoms. The van der Waals surface area contributed by atoms with Crippen molar-refractivity contribution in [2.75, 3.05) is 19.0 Å². The molecule has 2 heterocycles. The van der Waals surface area contributed by atoms with Crippen LogP contribution in [-0.2, 0) is 10.9 Å². The van der Waals surface area contributed by atoms with E-state index >= 15 is 0 Å². The molecule has 0 amide bonds. The molecule has 1 N–H and O–H groups in total. The Kier molecular flexibility index (Phi) is 4.40. The molecule has 1 aliphatic carbocycles. The maximum atomic E-state index is 13.1. The molecule has 8 heteroatoms. The number of anilines is 1. The van der Waals surface area contributed by atoms with Crippen LogP contribution in [0, 0.1) is 0 Å². The highest BCUT2D eigenvalue weighted by Gasteiger charge is 2.37. The van der Waals surface area contributed by atoms with Gasteiger partial charge < -0.3 is 10.1 Å². The first-order valence-corrected chi connectivity index (χ1v) is 7.59. The van der Waals surface area contributed by atoms with E-state index < -0.39 is 11.9 Å². The zero-order chi connectivity index (χ0) is 17.2. The standard InChI is InChI=1S/C16H17F3N4O/c1-24-15(6-4-7-15)10-21-13-9-12(16(17,18)19)22-14(23-13)11-5-2-3-8-20-11/h2-3,5,8-9H,4,6-7,10H2,1H3,(H,21,22,23). The maximum absolute atomic E-state index is 13.1. The molecule has 0 aliphatic heterocycles. The summed E-state index contributed by atoms with van der Waals surface area (Å²) in [6.45, 7) is 0.402. The molecule has 0 spiro atoms. The van der Waals surface area contributed by atoms with Crippen LogP contribution in [0.1, 0.15) is 25.0 Å². The van der Waals surface area contributed by atoms with E-state index in [1.807, 2.05) is 0 Å². The van der Waals surface area contributed by atoms with E-state index in [4.69, 9.17) is 4.74 Å². The van der Waals surface area contributed by atoms with Gasteiger partial charge in [0.15, 0.2) is 11.5 Å². The predicted molar refractivity (Wildman–Crippen MR) is 82.3 cm³/mol. The molecule has 1 saturated carbocycles. The molecular weight excluding hydrogens is 321 g/mol. The van der Waals surface area contributed by atoms with Gasteiger partial charge in [-0.2, -0.15) is 13.2 Å². The van der Waals surface area contributed by atoms with Crippen LogP contribution in [0.25, 0.3) is 11.5 Å². The van der Waals surface area contributed by atoms with Gasteiger partial charge in [-0.05, 0) is 31.4 Å². The van der Waals surface area contributed by atoms with E-state index in [0.717, 1.165) is 25.3 Å². The molecule has 0 unspecified atom stereocenters. The number of ether oxygens (including phenoxy) is 1. The van der Waals surface area contributed by atoms with E-state index in [2.05, 4.69) is 20.3 Å². The van der Waals surface area contributed by atoms with Crippen molar-refractivity contribution in [2.45, 2.75) is 31.0 Å². The highest BCUT2D eigenvalue weighted by atomic mass is 19.4. The van der Waals surface area contributed by atoms with Crippen LogP contribution >= 0.6 is 0 Å². The lowest BCUT2D eigenvalue weighted by atomic mass is 9.80. The fourth-order valence-electron chi connectivity index (χ4n) is 2.57. The van der Waals surface area contributed by atoms with Gasteiger partial charge >= 0.3 is 6.18 Å². The van der Waals surface area contributed by atoms with Crippen molar-refractivity contribution < 1.29 is 17.9 Å². The molecule has 0 bridgehead atoms. The molecule has 0 saturated heterocycles. The highest BCUT2D eigenvalue weighted by Crippen LogP contribution is 2.35. The van der Waals surface area contributed by atoms with Gasteiger partial charge in [0.2, 0.25) is 0 Å². The zero-order valence-corrected chi connectivity index (χ0v) is 13.1. The molecular formula is C16H17F3N4O. The van der Waals surface area contributed by atoms with Gasteiger partial charge in [-0.15, -0.1) is 0 Å². The lowest BCUT2D eigenvalue weighted by molar-refractivity contribution is -0.141. The van der Waals surface area contributed by atoms with Crippen molar-refractivity contribution >= 4 is 5.82 Å². The molecule has 1 aliphatic rings. The van der Waals surface area contributed by atoms with E-state index in [1.54, 1.807) is 25.3 Å². The lowest BCUT2D eigenvalue weighted by Crippen LogP contribution is -2.45. The number of halogens is 3. The first-order valence-electron chi connectivity index (χ1n) is 7.59. The van der Waals surface area contributed by atoms with Crippen LogP contribution in [0.2, 0.25) is 0 Å². The van der Waals surface area contributed by atoms with Gasteiger partial charge in [-0.3, -0.25) is 4.98 Å². The second-order valence-electron chi connectivity index (χ2n) is 5.77. The summed E-state index contributed by atoms with van der Waals surface area (Å²) in [5.41, 5.74) is -1.04. The highest BCUT2D eigenvalue weighted by molar-refractivity contribution is 5.53. The monoisotopic (exact) mass is 338 g/mol. The third kappa shape index (κ3) is 3.48. The SMILES string of the molecule is COC1(CNc2cc(C(F)(F)F)nc(-c3ccccn3)n2)CCC1. The van der Waals surface area contributed by atoms with Crippen LogP contribution in [-0.4, -0.2) is 34.2 Å². The third-order valence-corrected chi connectivity index (χ3v) is 4.20. The average molecular weight is 338 g/mol. The second-order valence-corrected chi connectivity index (χ2v) is 5.77. The summed E-state index contributed by atoms with van der Waals surface area (Å²) in [7, 11) is 1.61. The number of pyridine rings is 1. The Hall–Kier alpha value is -2.22. The van der Waals surface area contributed by atoms with Crippen molar-refractivity contribution in [2.24, 2.45) is 0 Å². The first-order chi connectivity index (χ1) is 11.4. The summed E-state index contributed by atoms with van der Waals surface area (Å²) < 4.78 is 44.8. The molecule has 0 aromatic carbocycles. The van der Waals surface area contributed by atoms with Crippen LogP contribution in [0.3, 0.4) is 0 Å². The number of aromatic nitrogens is 3. The van der Waals surface area contributed by atoms with E-state index in [-0.39, 0.29) is 22.9 Å². The summed E-state index contributed by atoms with van der Waals surface area (Å²) in [5, 5.41) is 2.96. The minimum Gasteiger partial charge on any atom is -0.376 e. The largest absolute Gasteiger partial charge is 0.433 e. The minimum absolute atomic E-state index is 0.0620. The molecule has 2 aromatic rings. The van der Waals surface area contributed by atoms with Gasteiger partial charge in [0.25, 0.3) is 0 Å². The Morgan fingerprint density at radius 2 is 2.04 bits per heavy atom. The van der Waals surface area contributed by atoms with Crippen LogP contribution in [0.5, 0.6) is 0 Å². The summed E-state index contributed by atoms with van der Waals surface area (Å²) in [6.07, 6.45) is -0.271. The quantitative estimate of drug-likeness (QED) is 0.904. The smallest absolute Gasteiger partial charge is 0.376 e. The molecule has 128 valence electrons. The van der Waals surface area contributed by atoms with E-state index in [0.29, 0.717) is 6.54 Å². The number of nitrogens with zero attached hydrogens (tertiary/aromatic N) is 3. The minimum atomic E-state index is -4.56. The third-order valence-electron chi connectivity index (χ3n) is 4.20. The van der Waals surface area contributed by atoms with E-state index in [1.165, 1.54) is 6.20 Å². The normalized spacial score (nSPS) is 16.5. The summed E-state index contributed by atoms with van der Waals surface area (Å²) in [4.78, 5) is 11.8. The Morgan fingerprint density at radius 1 is 1.25 bits per heavy atom. The Balaban J connectivity index is 1.90. The average Bonchev–Trinajstić information content (AvgIpc) is 2.54. The molecule has 3 rings (SSSR count). The number of rotatable bonds is 5. The van der Waals surface area contributed by atoms with Gasteiger partial charge in [-0.1, -0.05) is 6.07 Å². The van der Waals surface area contributed by atoms with E-state index in [9.17, 15) is 13.2 Å². The maximum Gasteiger partial charge on any atom is 0.433 e. The number of alkyl halides is 3.